The molecule has 0 amide bonds. The molecule has 1 rings (SSSR count). The van der Waals surface area contributed by atoms with Crippen LogP contribution in [0.3, 0.4) is 0 Å². The van der Waals surface area contributed by atoms with Crippen LogP contribution in [0.15, 0.2) is 0 Å². The van der Waals surface area contributed by atoms with Crippen LogP contribution in [0, 0.1) is 5.92 Å². The van der Waals surface area contributed by atoms with Gasteiger partial charge in [0.25, 0.3) is 0 Å². The van der Waals surface area contributed by atoms with Gasteiger partial charge in [0.15, 0.2) is 0 Å². The van der Waals surface area contributed by atoms with Crippen LogP contribution in [0.25, 0.3) is 0 Å². The van der Waals surface area contributed by atoms with Crippen molar-refractivity contribution in [2.24, 2.45) is 5.92 Å². The third-order valence-electron chi connectivity index (χ3n) is 1.73. The quantitative estimate of drug-likeness (QED) is 0.637. The Morgan fingerprint density at radius 2 is 2.12 bits per heavy atom. The molecule has 0 heterocycles. The Bertz CT molecular complexity index is 66.2. The van der Waals surface area contributed by atoms with E-state index in [9.17, 15) is 0 Å². The molecule has 0 atom stereocenters. The lowest BCUT2D eigenvalue weighted by Crippen LogP contribution is -2.28. The van der Waals surface area contributed by atoms with Crippen LogP contribution in [0.1, 0.15) is 19.3 Å². The number of hydrogen-bond acceptors (Lipinski definition) is 1. The summed E-state index contributed by atoms with van der Waals surface area (Å²) in [5, 5.41) is 9.92. The van der Waals surface area contributed by atoms with Crippen molar-refractivity contribution in [2.45, 2.75) is 25.4 Å². The molecule has 0 unspecified atom stereocenters. The lowest BCUT2D eigenvalue weighted by Gasteiger charge is -2.30. The Labute approximate surface area is 58.2 Å². The Balaban J connectivity index is 1.98. The normalized spacial score (nSPS) is 36.8. The standard InChI is InChI=1S/C6H11BrO/c7-2-1-5-3-6(8)4-5/h5-6,8H,1-4H2. The summed E-state index contributed by atoms with van der Waals surface area (Å²) in [7, 11) is 0. The largest absolute Gasteiger partial charge is 0.393 e. The zero-order valence-corrected chi connectivity index (χ0v) is 6.39. The molecule has 0 aliphatic heterocycles. The summed E-state index contributed by atoms with van der Waals surface area (Å²) < 4.78 is 0. The van der Waals surface area contributed by atoms with Crippen molar-refractivity contribution in [2.75, 3.05) is 5.33 Å². The first-order valence-corrected chi connectivity index (χ1v) is 4.19. The van der Waals surface area contributed by atoms with Gasteiger partial charge in [0.1, 0.15) is 0 Å². The van der Waals surface area contributed by atoms with Gasteiger partial charge in [-0.05, 0) is 25.2 Å². The zero-order chi connectivity index (χ0) is 5.98. The molecular formula is C6H11BrO. The topological polar surface area (TPSA) is 20.2 Å². The minimum absolute atomic E-state index is 0.0269. The van der Waals surface area contributed by atoms with E-state index in [2.05, 4.69) is 15.9 Å². The minimum Gasteiger partial charge on any atom is -0.393 e. The molecule has 1 nitrogen and oxygen atoms in total. The van der Waals surface area contributed by atoms with E-state index < -0.39 is 0 Å². The van der Waals surface area contributed by atoms with E-state index in [0.29, 0.717) is 0 Å². The molecular weight excluding hydrogens is 168 g/mol. The fourth-order valence-corrected chi connectivity index (χ4v) is 1.74. The van der Waals surface area contributed by atoms with Crippen molar-refractivity contribution in [1.29, 1.82) is 0 Å². The van der Waals surface area contributed by atoms with E-state index in [1.165, 1.54) is 6.42 Å². The maximum atomic E-state index is 8.83. The zero-order valence-electron chi connectivity index (χ0n) is 4.81. The molecule has 0 radical (unpaired) electrons. The molecule has 1 saturated carbocycles. The first kappa shape index (κ1) is 6.56. The van der Waals surface area contributed by atoms with Gasteiger partial charge in [0, 0.05) is 5.33 Å². The van der Waals surface area contributed by atoms with Crippen molar-refractivity contribution in [3.05, 3.63) is 0 Å². The van der Waals surface area contributed by atoms with Crippen LogP contribution in [0.2, 0.25) is 0 Å². The van der Waals surface area contributed by atoms with Crippen molar-refractivity contribution in [3.63, 3.8) is 0 Å². The molecule has 48 valence electrons. The van der Waals surface area contributed by atoms with E-state index in [1.807, 2.05) is 0 Å². The minimum atomic E-state index is 0.0269. The van der Waals surface area contributed by atoms with Gasteiger partial charge in [-0.15, -0.1) is 0 Å². The highest BCUT2D eigenvalue weighted by atomic mass is 79.9. The van der Waals surface area contributed by atoms with Crippen molar-refractivity contribution >= 4 is 15.9 Å². The van der Waals surface area contributed by atoms with E-state index >= 15 is 0 Å². The fourth-order valence-electron chi connectivity index (χ4n) is 1.09. The molecule has 0 aromatic rings. The summed E-state index contributed by atoms with van der Waals surface area (Å²) in [4.78, 5) is 0. The molecule has 8 heavy (non-hydrogen) atoms. The number of aliphatic hydroxyl groups is 1. The molecule has 0 aromatic heterocycles. The molecule has 0 bridgehead atoms. The Hall–Kier alpha value is 0.440. The molecule has 1 aliphatic rings. The van der Waals surface area contributed by atoms with Gasteiger partial charge in [-0.1, -0.05) is 15.9 Å². The molecule has 2 heteroatoms. The Morgan fingerprint density at radius 3 is 2.50 bits per heavy atom. The Morgan fingerprint density at radius 1 is 1.50 bits per heavy atom. The summed E-state index contributed by atoms with van der Waals surface area (Å²) >= 11 is 3.36. The van der Waals surface area contributed by atoms with Crippen LogP contribution < -0.4 is 0 Å². The summed E-state index contributed by atoms with van der Waals surface area (Å²) in [5.41, 5.74) is 0. The number of alkyl halides is 1. The van der Waals surface area contributed by atoms with Crippen LogP contribution in [-0.2, 0) is 0 Å². The van der Waals surface area contributed by atoms with Gasteiger partial charge in [-0.25, -0.2) is 0 Å². The van der Waals surface area contributed by atoms with E-state index in [4.69, 9.17) is 5.11 Å². The SMILES string of the molecule is OC1CC(CCBr)C1. The highest BCUT2D eigenvalue weighted by molar-refractivity contribution is 9.09. The van der Waals surface area contributed by atoms with Gasteiger partial charge < -0.3 is 5.11 Å². The summed E-state index contributed by atoms with van der Waals surface area (Å²) in [5.74, 6) is 0.810. The maximum Gasteiger partial charge on any atom is 0.0545 e. The van der Waals surface area contributed by atoms with Crippen LogP contribution in [-0.4, -0.2) is 16.5 Å². The van der Waals surface area contributed by atoms with Gasteiger partial charge in [-0.2, -0.15) is 0 Å². The van der Waals surface area contributed by atoms with Crippen molar-refractivity contribution in [3.8, 4) is 0 Å². The van der Waals surface area contributed by atoms with Gasteiger partial charge in [-0.3, -0.25) is 0 Å². The predicted molar refractivity (Wildman–Crippen MR) is 37.1 cm³/mol. The molecule has 0 spiro atoms. The van der Waals surface area contributed by atoms with Gasteiger partial charge >= 0.3 is 0 Å². The van der Waals surface area contributed by atoms with E-state index in [0.717, 1.165) is 24.1 Å². The maximum absolute atomic E-state index is 8.83. The van der Waals surface area contributed by atoms with Gasteiger partial charge in [0.2, 0.25) is 0 Å². The lowest BCUT2D eigenvalue weighted by molar-refractivity contribution is 0.0420. The number of aliphatic hydroxyl groups excluding tert-OH is 1. The average molecular weight is 179 g/mol. The fraction of sp³-hybridized carbons (Fsp3) is 1.00. The number of rotatable bonds is 2. The lowest BCUT2D eigenvalue weighted by atomic mass is 9.81. The number of halogens is 1. The smallest absolute Gasteiger partial charge is 0.0545 e. The second-order valence-electron chi connectivity index (χ2n) is 2.47. The van der Waals surface area contributed by atoms with Crippen LogP contribution >= 0.6 is 15.9 Å². The first-order valence-electron chi connectivity index (χ1n) is 3.07. The predicted octanol–water partition coefficient (Wildman–Crippen LogP) is 1.54. The first-order chi connectivity index (χ1) is 3.83. The average Bonchev–Trinajstić information content (AvgIpc) is 1.64. The summed E-state index contributed by atoms with van der Waals surface area (Å²) in [6, 6.07) is 0. The monoisotopic (exact) mass is 178 g/mol. The highest BCUT2D eigenvalue weighted by Gasteiger charge is 2.25. The van der Waals surface area contributed by atoms with Crippen LogP contribution in [0.5, 0.6) is 0 Å². The second-order valence-corrected chi connectivity index (χ2v) is 3.26. The van der Waals surface area contributed by atoms with Crippen molar-refractivity contribution in [1.82, 2.24) is 0 Å². The van der Waals surface area contributed by atoms with E-state index in [1.54, 1.807) is 0 Å². The molecule has 1 aliphatic carbocycles. The van der Waals surface area contributed by atoms with Crippen molar-refractivity contribution < 1.29 is 5.11 Å². The highest BCUT2D eigenvalue weighted by Crippen LogP contribution is 2.30. The molecule has 1 fully saturated rings. The molecule has 0 saturated heterocycles. The molecule has 1 N–H and O–H groups in total. The summed E-state index contributed by atoms with van der Waals surface area (Å²) in [6.45, 7) is 0. The third-order valence-corrected chi connectivity index (χ3v) is 2.19. The third kappa shape index (κ3) is 1.46. The van der Waals surface area contributed by atoms with Gasteiger partial charge in [0.05, 0.1) is 6.10 Å². The number of hydrogen-bond donors (Lipinski definition) is 1. The van der Waals surface area contributed by atoms with Crippen LogP contribution in [0.4, 0.5) is 0 Å². The molecule has 0 aromatic carbocycles. The summed E-state index contributed by atoms with van der Waals surface area (Å²) in [6.07, 6.45) is 3.33. The van der Waals surface area contributed by atoms with E-state index in [-0.39, 0.29) is 6.10 Å². The Kier molecular flexibility index (Phi) is 2.32. The second kappa shape index (κ2) is 2.83.